The van der Waals surface area contributed by atoms with Crippen LogP contribution in [0.5, 0.6) is 0 Å². The third-order valence-corrected chi connectivity index (χ3v) is 8.32. The van der Waals surface area contributed by atoms with E-state index >= 15 is 0 Å². The SMILES string of the molecule is Nc1cccc(-c2ccc(C3(CNC(=O)Nc4cc(Cl)cc(Cl)c4)CCN(C4CCOCC4)CC3)cc2)c1. The Balaban J connectivity index is 1.33. The van der Waals surface area contributed by atoms with Crippen molar-refractivity contribution >= 4 is 40.6 Å². The van der Waals surface area contributed by atoms with E-state index in [-0.39, 0.29) is 11.4 Å². The van der Waals surface area contributed by atoms with Gasteiger partial charge in [-0.2, -0.15) is 0 Å². The maximum atomic E-state index is 12.9. The topological polar surface area (TPSA) is 79.6 Å². The van der Waals surface area contributed by atoms with Gasteiger partial charge in [0.15, 0.2) is 0 Å². The smallest absolute Gasteiger partial charge is 0.319 e. The highest BCUT2D eigenvalue weighted by Gasteiger charge is 2.38. The molecule has 5 rings (SSSR count). The van der Waals surface area contributed by atoms with Gasteiger partial charge in [-0.25, -0.2) is 4.79 Å². The Hall–Kier alpha value is -2.77. The van der Waals surface area contributed by atoms with Gasteiger partial charge >= 0.3 is 6.03 Å². The first-order valence-electron chi connectivity index (χ1n) is 13.2. The number of benzene rings is 3. The average Bonchev–Trinajstić information content (AvgIpc) is 2.92. The minimum absolute atomic E-state index is 0.167. The first kappa shape index (κ1) is 26.8. The Morgan fingerprint density at radius 3 is 2.29 bits per heavy atom. The molecule has 38 heavy (non-hydrogen) atoms. The molecule has 0 aliphatic carbocycles. The van der Waals surface area contributed by atoms with E-state index in [2.05, 4.69) is 45.9 Å². The lowest BCUT2D eigenvalue weighted by molar-refractivity contribution is 0.0173. The number of halogens is 2. The molecule has 2 aliphatic heterocycles. The normalized spacial score (nSPS) is 18.2. The van der Waals surface area contributed by atoms with Crippen molar-refractivity contribution in [3.05, 3.63) is 82.3 Å². The summed E-state index contributed by atoms with van der Waals surface area (Å²) >= 11 is 12.2. The second kappa shape index (κ2) is 12.0. The molecule has 0 spiro atoms. The summed E-state index contributed by atoms with van der Waals surface area (Å²) < 4.78 is 5.58. The van der Waals surface area contributed by atoms with Crippen LogP contribution in [0.15, 0.2) is 66.7 Å². The van der Waals surface area contributed by atoms with Crippen LogP contribution < -0.4 is 16.4 Å². The number of anilines is 2. The minimum Gasteiger partial charge on any atom is -0.399 e. The van der Waals surface area contributed by atoms with Crippen LogP contribution in [-0.4, -0.2) is 49.8 Å². The van der Waals surface area contributed by atoms with Crippen LogP contribution in [0.3, 0.4) is 0 Å². The van der Waals surface area contributed by atoms with Crippen molar-refractivity contribution in [2.45, 2.75) is 37.1 Å². The van der Waals surface area contributed by atoms with E-state index in [1.165, 1.54) is 5.56 Å². The summed E-state index contributed by atoms with van der Waals surface area (Å²) in [4.78, 5) is 15.5. The van der Waals surface area contributed by atoms with Crippen molar-refractivity contribution < 1.29 is 9.53 Å². The van der Waals surface area contributed by atoms with Gasteiger partial charge in [-0.05, 0) is 85.8 Å². The van der Waals surface area contributed by atoms with E-state index in [0.717, 1.165) is 68.8 Å². The lowest BCUT2D eigenvalue weighted by Gasteiger charge is -2.45. The quantitative estimate of drug-likeness (QED) is 0.302. The van der Waals surface area contributed by atoms with Crippen LogP contribution in [0.25, 0.3) is 11.1 Å². The summed E-state index contributed by atoms with van der Waals surface area (Å²) in [5, 5.41) is 6.96. The molecule has 0 bridgehead atoms. The molecule has 0 unspecified atom stereocenters. The standard InChI is InChI=1S/C30H34Cl2N4O2/c31-24-17-25(32)19-27(18-24)35-29(37)34-20-30(10-12-36(13-11-30)28-8-14-38-15-9-28)23-6-4-21(5-7-23)22-2-1-3-26(33)16-22/h1-7,16-19,28H,8-15,20,33H2,(H2,34,35,37). The molecule has 2 amide bonds. The number of rotatable bonds is 6. The van der Waals surface area contributed by atoms with Gasteiger partial charge in [0.2, 0.25) is 0 Å². The Labute approximate surface area is 234 Å². The largest absolute Gasteiger partial charge is 0.399 e. The highest BCUT2D eigenvalue weighted by Crippen LogP contribution is 2.38. The predicted molar refractivity (Wildman–Crippen MR) is 156 cm³/mol. The molecule has 2 fully saturated rings. The molecule has 2 saturated heterocycles. The lowest BCUT2D eigenvalue weighted by Crippen LogP contribution is -2.52. The third-order valence-electron chi connectivity index (χ3n) is 7.89. The fraction of sp³-hybridized carbons (Fsp3) is 0.367. The number of likely N-dealkylation sites (tertiary alicyclic amines) is 1. The number of hydrogen-bond donors (Lipinski definition) is 3. The van der Waals surface area contributed by atoms with Crippen molar-refractivity contribution in [1.29, 1.82) is 0 Å². The molecule has 3 aromatic rings. The van der Waals surface area contributed by atoms with Crippen molar-refractivity contribution in [1.82, 2.24) is 10.2 Å². The maximum absolute atomic E-state index is 12.9. The monoisotopic (exact) mass is 552 g/mol. The predicted octanol–water partition coefficient (Wildman–Crippen LogP) is 6.58. The van der Waals surface area contributed by atoms with E-state index in [9.17, 15) is 4.79 Å². The average molecular weight is 554 g/mol. The second-order valence-electron chi connectivity index (χ2n) is 10.3. The van der Waals surface area contributed by atoms with Crippen molar-refractivity contribution in [3.8, 4) is 11.1 Å². The molecular weight excluding hydrogens is 519 g/mol. The minimum atomic E-state index is -0.272. The van der Waals surface area contributed by atoms with Gasteiger partial charge < -0.3 is 26.0 Å². The number of nitrogens with zero attached hydrogens (tertiary/aromatic N) is 1. The van der Waals surface area contributed by atoms with Gasteiger partial charge in [0.25, 0.3) is 0 Å². The molecule has 2 heterocycles. The Bertz CT molecular complexity index is 1230. The molecule has 8 heteroatoms. The highest BCUT2D eigenvalue weighted by molar-refractivity contribution is 6.35. The molecule has 0 aromatic heterocycles. The summed E-state index contributed by atoms with van der Waals surface area (Å²) in [6, 6.07) is 22.0. The fourth-order valence-corrected chi connectivity index (χ4v) is 6.25. The number of carbonyl (C=O) groups is 1. The number of piperidine rings is 1. The number of nitrogens with one attached hydrogen (secondary N) is 2. The maximum Gasteiger partial charge on any atom is 0.319 e. The summed E-state index contributed by atoms with van der Waals surface area (Å²) in [6.45, 7) is 4.20. The summed E-state index contributed by atoms with van der Waals surface area (Å²) in [5.74, 6) is 0. The Morgan fingerprint density at radius 1 is 0.947 bits per heavy atom. The summed E-state index contributed by atoms with van der Waals surface area (Å²) in [6.07, 6.45) is 4.10. The molecule has 4 N–H and O–H groups in total. The molecule has 0 atom stereocenters. The van der Waals surface area contributed by atoms with Gasteiger partial charge in [-0.1, -0.05) is 59.6 Å². The molecule has 200 valence electrons. The van der Waals surface area contributed by atoms with Gasteiger partial charge in [0.1, 0.15) is 0 Å². The van der Waals surface area contributed by atoms with E-state index in [1.54, 1.807) is 18.2 Å². The van der Waals surface area contributed by atoms with Crippen molar-refractivity contribution in [3.63, 3.8) is 0 Å². The fourth-order valence-electron chi connectivity index (χ4n) is 5.72. The first-order chi connectivity index (χ1) is 18.4. The zero-order valence-electron chi connectivity index (χ0n) is 21.4. The molecule has 0 radical (unpaired) electrons. The lowest BCUT2D eigenvalue weighted by atomic mass is 9.72. The van der Waals surface area contributed by atoms with E-state index < -0.39 is 0 Å². The van der Waals surface area contributed by atoms with Crippen molar-refractivity contribution in [2.75, 3.05) is 43.9 Å². The number of urea groups is 1. The number of nitrogens with two attached hydrogens (primary N) is 1. The van der Waals surface area contributed by atoms with Gasteiger partial charge in [-0.15, -0.1) is 0 Å². The number of carbonyl (C=O) groups excluding carboxylic acids is 1. The first-order valence-corrected chi connectivity index (χ1v) is 14.0. The molecular formula is C30H34Cl2N4O2. The van der Waals surface area contributed by atoms with Gasteiger partial charge in [0.05, 0.1) is 0 Å². The summed E-state index contributed by atoms with van der Waals surface area (Å²) in [5.41, 5.74) is 10.6. The molecule has 0 saturated carbocycles. The van der Waals surface area contributed by atoms with Crippen LogP contribution in [0.4, 0.5) is 16.2 Å². The number of nitrogen functional groups attached to an aromatic ring is 1. The van der Waals surface area contributed by atoms with E-state index in [1.807, 2.05) is 18.2 Å². The highest BCUT2D eigenvalue weighted by atomic mass is 35.5. The zero-order chi connectivity index (χ0) is 26.5. The molecule has 2 aliphatic rings. The molecule has 3 aromatic carbocycles. The number of amides is 2. The Kier molecular flexibility index (Phi) is 8.44. The zero-order valence-corrected chi connectivity index (χ0v) is 22.9. The number of hydrogen-bond acceptors (Lipinski definition) is 4. The van der Waals surface area contributed by atoms with Crippen LogP contribution in [-0.2, 0) is 10.2 Å². The Morgan fingerprint density at radius 2 is 1.63 bits per heavy atom. The van der Waals surface area contributed by atoms with Crippen molar-refractivity contribution in [2.24, 2.45) is 0 Å². The third kappa shape index (κ3) is 6.44. The van der Waals surface area contributed by atoms with Crippen LogP contribution >= 0.6 is 23.2 Å². The van der Waals surface area contributed by atoms with Crippen LogP contribution in [0.2, 0.25) is 10.0 Å². The second-order valence-corrected chi connectivity index (χ2v) is 11.2. The molecule has 6 nitrogen and oxygen atoms in total. The van der Waals surface area contributed by atoms with E-state index in [0.29, 0.717) is 28.3 Å². The van der Waals surface area contributed by atoms with Crippen LogP contribution in [0, 0.1) is 0 Å². The van der Waals surface area contributed by atoms with E-state index in [4.69, 9.17) is 33.7 Å². The van der Waals surface area contributed by atoms with Crippen LogP contribution in [0.1, 0.15) is 31.2 Å². The van der Waals surface area contributed by atoms with Gasteiger partial charge in [0, 0.05) is 52.6 Å². The summed E-state index contributed by atoms with van der Waals surface area (Å²) in [7, 11) is 0. The number of ether oxygens (including phenoxy) is 1. The van der Waals surface area contributed by atoms with Gasteiger partial charge in [-0.3, -0.25) is 0 Å².